The molecule has 0 saturated carbocycles. The van der Waals surface area contributed by atoms with Gasteiger partial charge in [-0.15, -0.1) is 5.06 Å². The minimum absolute atomic E-state index is 0.377. The zero-order valence-electron chi connectivity index (χ0n) is 13.8. The van der Waals surface area contributed by atoms with Crippen molar-refractivity contribution in [1.29, 1.82) is 0 Å². The van der Waals surface area contributed by atoms with Gasteiger partial charge in [-0.05, 0) is 42.8 Å². The molecule has 4 heteroatoms. The third-order valence-corrected chi connectivity index (χ3v) is 3.72. The van der Waals surface area contributed by atoms with Gasteiger partial charge in [-0.25, -0.2) is 4.79 Å². The molecule has 4 nitrogen and oxygen atoms in total. The molecule has 0 saturated heterocycles. The number of benzene rings is 3. The fourth-order valence-corrected chi connectivity index (χ4v) is 2.40. The van der Waals surface area contributed by atoms with Crippen molar-refractivity contribution in [3.05, 3.63) is 102 Å². The molecule has 0 heterocycles. The van der Waals surface area contributed by atoms with Crippen LogP contribution in [0.3, 0.4) is 0 Å². The lowest BCUT2D eigenvalue weighted by atomic mass is 10.1. The van der Waals surface area contributed by atoms with Gasteiger partial charge in [-0.1, -0.05) is 54.6 Å². The Kier molecular flexibility index (Phi) is 4.90. The highest BCUT2D eigenvalue weighted by Crippen LogP contribution is 2.23. The number of rotatable bonds is 3. The molecule has 25 heavy (non-hydrogen) atoms. The highest BCUT2D eigenvalue weighted by molar-refractivity contribution is 6.06. The minimum atomic E-state index is -0.590. The second-order valence-electron chi connectivity index (χ2n) is 5.50. The van der Waals surface area contributed by atoms with Gasteiger partial charge in [0.05, 0.1) is 11.3 Å². The maximum atomic E-state index is 12.9. The molecule has 0 aliphatic heterocycles. The zero-order valence-corrected chi connectivity index (χ0v) is 13.8. The van der Waals surface area contributed by atoms with Gasteiger partial charge in [-0.3, -0.25) is 4.79 Å². The van der Waals surface area contributed by atoms with Crippen LogP contribution in [0.5, 0.6) is 0 Å². The molecule has 0 bridgehead atoms. The zero-order chi connectivity index (χ0) is 17.6. The molecular weight excluding hydrogens is 314 g/mol. The summed E-state index contributed by atoms with van der Waals surface area (Å²) in [5.74, 6) is -0.993. The van der Waals surface area contributed by atoms with Gasteiger partial charge in [0.25, 0.3) is 5.91 Å². The van der Waals surface area contributed by atoms with Gasteiger partial charge >= 0.3 is 5.97 Å². The summed E-state index contributed by atoms with van der Waals surface area (Å²) in [6.07, 6.45) is 0. The Bertz CT molecular complexity index is 876. The first kappa shape index (κ1) is 16.5. The van der Waals surface area contributed by atoms with Crippen molar-refractivity contribution in [1.82, 2.24) is 0 Å². The van der Waals surface area contributed by atoms with E-state index < -0.39 is 11.9 Å². The average Bonchev–Trinajstić information content (AvgIpc) is 2.67. The molecule has 0 aromatic heterocycles. The van der Waals surface area contributed by atoms with Gasteiger partial charge in [0.1, 0.15) is 0 Å². The Morgan fingerprint density at radius 3 is 1.84 bits per heavy atom. The Morgan fingerprint density at radius 2 is 1.24 bits per heavy atom. The summed E-state index contributed by atoms with van der Waals surface area (Å²) in [4.78, 5) is 30.8. The van der Waals surface area contributed by atoms with Crippen LogP contribution in [0.2, 0.25) is 0 Å². The molecular formula is C21H17NO3. The van der Waals surface area contributed by atoms with Gasteiger partial charge in [0.15, 0.2) is 0 Å². The van der Waals surface area contributed by atoms with Gasteiger partial charge in [0, 0.05) is 5.56 Å². The first-order valence-electron chi connectivity index (χ1n) is 7.89. The Morgan fingerprint density at radius 1 is 0.720 bits per heavy atom. The summed E-state index contributed by atoms with van der Waals surface area (Å²) in [5.41, 5.74) is 2.17. The van der Waals surface area contributed by atoms with E-state index in [-0.39, 0.29) is 0 Å². The topological polar surface area (TPSA) is 46.6 Å². The van der Waals surface area contributed by atoms with Crippen LogP contribution in [-0.4, -0.2) is 11.9 Å². The van der Waals surface area contributed by atoms with Crippen LogP contribution >= 0.6 is 0 Å². The SMILES string of the molecule is Cc1ccccc1N(OC(=O)c1ccccc1)C(=O)c1ccccc1. The molecule has 0 fully saturated rings. The van der Waals surface area contributed by atoms with E-state index in [1.165, 1.54) is 0 Å². The van der Waals surface area contributed by atoms with Crippen LogP contribution < -0.4 is 5.06 Å². The highest BCUT2D eigenvalue weighted by atomic mass is 16.7. The molecule has 124 valence electrons. The van der Waals surface area contributed by atoms with Crippen LogP contribution in [0.1, 0.15) is 26.3 Å². The highest BCUT2D eigenvalue weighted by Gasteiger charge is 2.24. The molecule has 0 spiro atoms. The van der Waals surface area contributed by atoms with Crippen LogP contribution in [0.25, 0.3) is 0 Å². The molecule has 0 unspecified atom stereocenters. The van der Waals surface area contributed by atoms with E-state index in [4.69, 9.17) is 4.84 Å². The van der Waals surface area contributed by atoms with E-state index in [1.807, 2.05) is 31.2 Å². The van der Waals surface area contributed by atoms with Crippen molar-refractivity contribution >= 4 is 17.6 Å². The van der Waals surface area contributed by atoms with E-state index in [0.29, 0.717) is 16.8 Å². The Hall–Kier alpha value is -3.40. The van der Waals surface area contributed by atoms with E-state index in [2.05, 4.69) is 0 Å². The molecule has 0 aliphatic rings. The van der Waals surface area contributed by atoms with Crippen LogP contribution in [-0.2, 0) is 4.84 Å². The van der Waals surface area contributed by atoms with Crippen molar-refractivity contribution in [2.75, 3.05) is 5.06 Å². The third kappa shape index (κ3) is 3.75. The molecule has 0 aliphatic carbocycles. The van der Waals surface area contributed by atoms with E-state index in [1.54, 1.807) is 60.7 Å². The Labute approximate surface area is 146 Å². The molecule has 0 atom stereocenters. The summed E-state index contributed by atoms with van der Waals surface area (Å²) in [6.45, 7) is 1.86. The Balaban J connectivity index is 1.96. The largest absolute Gasteiger partial charge is 0.363 e. The summed E-state index contributed by atoms with van der Waals surface area (Å²) in [7, 11) is 0. The van der Waals surface area contributed by atoms with Crippen molar-refractivity contribution in [3.8, 4) is 0 Å². The van der Waals surface area contributed by atoms with Gasteiger partial charge in [-0.2, -0.15) is 0 Å². The summed E-state index contributed by atoms with van der Waals surface area (Å²) in [5, 5.41) is 1.06. The van der Waals surface area contributed by atoms with Crippen LogP contribution in [0.15, 0.2) is 84.9 Å². The number of hydroxylamine groups is 1. The lowest BCUT2D eigenvalue weighted by Gasteiger charge is -2.22. The second-order valence-corrected chi connectivity index (χ2v) is 5.50. The predicted octanol–water partition coefficient (Wildman–Crippen LogP) is 4.41. The number of anilines is 1. The number of carbonyl (C=O) groups is 2. The fraction of sp³-hybridized carbons (Fsp3) is 0.0476. The normalized spacial score (nSPS) is 10.1. The molecule has 3 aromatic carbocycles. The fourth-order valence-electron chi connectivity index (χ4n) is 2.40. The number of aryl methyl sites for hydroxylation is 1. The number of hydrogen-bond acceptors (Lipinski definition) is 3. The lowest BCUT2D eigenvalue weighted by Crippen LogP contribution is -2.34. The quantitative estimate of drug-likeness (QED) is 0.668. The third-order valence-electron chi connectivity index (χ3n) is 3.72. The van der Waals surface area contributed by atoms with Crippen molar-refractivity contribution < 1.29 is 14.4 Å². The summed E-state index contributed by atoms with van der Waals surface area (Å²) < 4.78 is 0. The van der Waals surface area contributed by atoms with Crippen LogP contribution in [0, 0.1) is 6.92 Å². The number of hydrogen-bond donors (Lipinski definition) is 0. The molecule has 0 N–H and O–H groups in total. The molecule has 0 radical (unpaired) electrons. The van der Waals surface area contributed by atoms with Crippen molar-refractivity contribution in [2.24, 2.45) is 0 Å². The number of amides is 1. The predicted molar refractivity (Wildman–Crippen MR) is 96.3 cm³/mol. The van der Waals surface area contributed by atoms with Crippen molar-refractivity contribution in [3.63, 3.8) is 0 Å². The van der Waals surface area contributed by atoms with Gasteiger partial charge in [0.2, 0.25) is 0 Å². The van der Waals surface area contributed by atoms with Crippen molar-refractivity contribution in [2.45, 2.75) is 6.92 Å². The first-order valence-corrected chi connectivity index (χ1v) is 7.89. The smallest absolute Gasteiger partial charge is 0.327 e. The number of para-hydroxylation sites is 1. The monoisotopic (exact) mass is 331 g/mol. The number of nitrogens with zero attached hydrogens (tertiary/aromatic N) is 1. The molecule has 3 rings (SSSR count). The molecule has 1 amide bonds. The standard InChI is InChI=1S/C21H17NO3/c1-16-10-8-9-15-19(16)22(20(23)17-11-4-2-5-12-17)25-21(24)18-13-6-3-7-14-18/h2-15H,1H3. The number of carbonyl (C=O) groups excluding carboxylic acids is 2. The molecule has 3 aromatic rings. The van der Waals surface area contributed by atoms with Crippen LogP contribution in [0.4, 0.5) is 5.69 Å². The van der Waals surface area contributed by atoms with E-state index in [0.717, 1.165) is 10.6 Å². The lowest BCUT2D eigenvalue weighted by molar-refractivity contribution is 0.0409. The average molecular weight is 331 g/mol. The van der Waals surface area contributed by atoms with E-state index >= 15 is 0 Å². The second kappa shape index (κ2) is 7.45. The summed E-state index contributed by atoms with van der Waals surface area (Å²) in [6, 6.07) is 24.6. The maximum absolute atomic E-state index is 12.9. The summed E-state index contributed by atoms with van der Waals surface area (Å²) >= 11 is 0. The van der Waals surface area contributed by atoms with Gasteiger partial charge < -0.3 is 4.84 Å². The maximum Gasteiger partial charge on any atom is 0.363 e. The van der Waals surface area contributed by atoms with E-state index in [9.17, 15) is 9.59 Å². The first-order chi connectivity index (χ1) is 12.2. The minimum Gasteiger partial charge on any atom is -0.327 e.